The number of para-hydroxylation sites is 1. The van der Waals surface area contributed by atoms with Gasteiger partial charge in [0.05, 0.1) is 30.2 Å². The van der Waals surface area contributed by atoms with E-state index in [4.69, 9.17) is 0 Å². The highest BCUT2D eigenvalue weighted by Gasteiger charge is 2.28. The molecule has 0 aliphatic carbocycles. The van der Waals surface area contributed by atoms with Crippen molar-refractivity contribution < 1.29 is 9.59 Å². The molecule has 0 N–H and O–H groups in total. The zero-order valence-corrected chi connectivity index (χ0v) is 16.9. The molecule has 1 aromatic heterocycles. The summed E-state index contributed by atoms with van der Waals surface area (Å²) in [7, 11) is 0. The van der Waals surface area contributed by atoms with Gasteiger partial charge in [0.1, 0.15) is 0 Å². The number of likely N-dealkylation sites (tertiary alicyclic amines) is 1. The summed E-state index contributed by atoms with van der Waals surface area (Å²) in [6, 6.07) is 7.79. The van der Waals surface area contributed by atoms with Crippen LogP contribution in [0.3, 0.4) is 0 Å². The van der Waals surface area contributed by atoms with Gasteiger partial charge in [-0.3, -0.25) is 14.5 Å². The van der Waals surface area contributed by atoms with Gasteiger partial charge in [0.25, 0.3) is 5.91 Å². The Kier molecular flexibility index (Phi) is 5.89. The normalized spacial score (nSPS) is 20.7. The Hall–Kier alpha value is -2.74. The lowest BCUT2D eigenvalue weighted by molar-refractivity contribution is -0.136. The molecule has 29 heavy (non-hydrogen) atoms. The first-order valence-corrected chi connectivity index (χ1v) is 10.4. The van der Waals surface area contributed by atoms with E-state index >= 15 is 0 Å². The molecule has 0 bridgehead atoms. The van der Waals surface area contributed by atoms with Crippen LogP contribution >= 0.6 is 0 Å². The first-order valence-electron chi connectivity index (χ1n) is 10.4. The van der Waals surface area contributed by atoms with Crippen LogP contribution in [0.4, 0.5) is 0 Å². The fraction of sp³-hybridized carbons (Fsp3) is 0.524. The second-order valence-electron chi connectivity index (χ2n) is 7.87. The van der Waals surface area contributed by atoms with E-state index in [2.05, 4.69) is 22.1 Å². The number of nitrogens with zero attached hydrogens (tertiary/aromatic N) is 6. The van der Waals surface area contributed by atoms with E-state index in [0.29, 0.717) is 44.3 Å². The van der Waals surface area contributed by atoms with Crippen molar-refractivity contribution in [1.29, 1.82) is 0 Å². The third-order valence-corrected chi connectivity index (χ3v) is 5.95. The molecule has 2 amide bonds. The Morgan fingerprint density at radius 3 is 2.59 bits per heavy atom. The summed E-state index contributed by atoms with van der Waals surface area (Å²) in [6.07, 6.45) is 6.74. The molecule has 8 nitrogen and oxygen atoms in total. The van der Waals surface area contributed by atoms with Crippen LogP contribution in [-0.2, 0) is 4.79 Å². The van der Waals surface area contributed by atoms with Gasteiger partial charge in [-0.2, -0.15) is 0 Å². The number of carbonyl (C=O) groups excluding carboxylic acids is 2. The summed E-state index contributed by atoms with van der Waals surface area (Å²) in [4.78, 5) is 31.8. The van der Waals surface area contributed by atoms with Crippen LogP contribution in [0.15, 0.2) is 36.7 Å². The van der Waals surface area contributed by atoms with E-state index in [9.17, 15) is 9.59 Å². The molecule has 2 aliphatic heterocycles. The topological polar surface area (TPSA) is 74.6 Å². The molecule has 0 saturated carbocycles. The van der Waals surface area contributed by atoms with Crippen LogP contribution in [0.25, 0.3) is 5.69 Å². The number of amides is 2. The van der Waals surface area contributed by atoms with Gasteiger partial charge >= 0.3 is 0 Å². The van der Waals surface area contributed by atoms with Crippen LogP contribution < -0.4 is 0 Å². The van der Waals surface area contributed by atoms with E-state index in [1.807, 2.05) is 34.1 Å². The molecule has 8 heteroatoms. The van der Waals surface area contributed by atoms with Crippen LogP contribution in [0.1, 0.15) is 36.5 Å². The molecule has 1 atom stereocenters. The van der Waals surface area contributed by atoms with Crippen molar-refractivity contribution in [2.24, 2.45) is 0 Å². The molecule has 0 spiro atoms. The van der Waals surface area contributed by atoms with Crippen LogP contribution in [0, 0.1) is 0 Å². The van der Waals surface area contributed by atoms with Gasteiger partial charge in [-0.25, -0.2) is 4.68 Å². The maximum absolute atomic E-state index is 13.1. The fourth-order valence-electron chi connectivity index (χ4n) is 4.22. The molecular weight excluding hydrogens is 368 g/mol. The monoisotopic (exact) mass is 396 g/mol. The van der Waals surface area contributed by atoms with E-state index in [1.54, 1.807) is 17.1 Å². The highest BCUT2D eigenvalue weighted by Crippen LogP contribution is 2.18. The first kappa shape index (κ1) is 19.6. The van der Waals surface area contributed by atoms with Gasteiger partial charge < -0.3 is 9.80 Å². The van der Waals surface area contributed by atoms with Gasteiger partial charge in [-0.05, 0) is 38.3 Å². The van der Waals surface area contributed by atoms with Gasteiger partial charge in [0, 0.05) is 38.8 Å². The fourth-order valence-corrected chi connectivity index (χ4v) is 4.22. The molecule has 2 aliphatic rings. The standard InChI is InChI=1S/C21H28N6O2/c1-17-6-4-5-10-26(17)20(28)16-24-12-14-25(15-13-24)21(29)18-7-2-3-8-19(18)27-11-9-22-23-27/h2-3,7-9,11,17H,4-6,10,12-16H2,1H3. The first-order chi connectivity index (χ1) is 14.1. The number of aromatic nitrogens is 3. The molecule has 2 saturated heterocycles. The number of hydrogen-bond donors (Lipinski definition) is 0. The summed E-state index contributed by atoms with van der Waals surface area (Å²) >= 11 is 0. The quantitative estimate of drug-likeness (QED) is 0.782. The lowest BCUT2D eigenvalue weighted by Crippen LogP contribution is -2.53. The molecule has 154 valence electrons. The molecule has 2 aromatic rings. The Labute approximate surface area is 171 Å². The maximum Gasteiger partial charge on any atom is 0.256 e. The minimum atomic E-state index is -0.00766. The van der Waals surface area contributed by atoms with Gasteiger partial charge in [0.15, 0.2) is 0 Å². The van der Waals surface area contributed by atoms with Crippen molar-refractivity contribution in [3.8, 4) is 5.69 Å². The van der Waals surface area contributed by atoms with Gasteiger partial charge in [0.2, 0.25) is 5.91 Å². The number of piperazine rings is 1. The molecule has 0 radical (unpaired) electrons. The van der Waals surface area contributed by atoms with Crippen LogP contribution in [-0.4, -0.2) is 86.8 Å². The van der Waals surface area contributed by atoms with Crippen LogP contribution in [0.5, 0.6) is 0 Å². The third kappa shape index (κ3) is 4.32. The van der Waals surface area contributed by atoms with Crippen molar-refractivity contribution >= 4 is 11.8 Å². The summed E-state index contributed by atoms with van der Waals surface area (Å²) in [5.41, 5.74) is 1.34. The average Bonchev–Trinajstić information content (AvgIpc) is 3.29. The van der Waals surface area contributed by atoms with Crippen molar-refractivity contribution in [2.45, 2.75) is 32.2 Å². The lowest BCUT2D eigenvalue weighted by Gasteiger charge is -2.38. The molecule has 4 rings (SSSR count). The van der Waals surface area contributed by atoms with Gasteiger partial charge in [-0.15, -0.1) is 5.10 Å². The largest absolute Gasteiger partial charge is 0.339 e. The SMILES string of the molecule is CC1CCCCN1C(=O)CN1CCN(C(=O)c2ccccc2-n2ccnn2)CC1. The second kappa shape index (κ2) is 8.73. The Morgan fingerprint density at radius 1 is 1.07 bits per heavy atom. The predicted octanol–water partition coefficient (Wildman–Crippen LogP) is 1.43. The lowest BCUT2D eigenvalue weighted by atomic mass is 10.0. The molecule has 3 heterocycles. The van der Waals surface area contributed by atoms with E-state index in [-0.39, 0.29) is 11.8 Å². The zero-order chi connectivity index (χ0) is 20.2. The van der Waals surface area contributed by atoms with Gasteiger partial charge in [-0.1, -0.05) is 17.3 Å². The number of carbonyl (C=O) groups is 2. The van der Waals surface area contributed by atoms with Crippen molar-refractivity contribution in [1.82, 2.24) is 29.7 Å². The number of piperidine rings is 1. The summed E-state index contributed by atoms with van der Waals surface area (Å²) in [5.74, 6) is 0.209. The Balaban J connectivity index is 1.35. The highest BCUT2D eigenvalue weighted by molar-refractivity contribution is 5.97. The summed E-state index contributed by atoms with van der Waals surface area (Å²) < 4.78 is 1.61. The minimum absolute atomic E-state index is 0.00766. The highest BCUT2D eigenvalue weighted by atomic mass is 16.2. The maximum atomic E-state index is 13.1. The molecule has 1 aromatic carbocycles. The van der Waals surface area contributed by atoms with Crippen molar-refractivity contribution in [3.63, 3.8) is 0 Å². The summed E-state index contributed by atoms with van der Waals surface area (Å²) in [5, 5.41) is 7.85. The molecule has 1 unspecified atom stereocenters. The second-order valence-corrected chi connectivity index (χ2v) is 7.87. The number of hydrogen-bond acceptors (Lipinski definition) is 5. The average molecular weight is 396 g/mol. The number of benzene rings is 1. The predicted molar refractivity (Wildman–Crippen MR) is 109 cm³/mol. The van der Waals surface area contributed by atoms with E-state index < -0.39 is 0 Å². The van der Waals surface area contributed by atoms with Crippen LogP contribution in [0.2, 0.25) is 0 Å². The van der Waals surface area contributed by atoms with Crippen molar-refractivity contribution in [3.05, 3.63) is 42.2 Å². The smallest absolute Gasteiger partial charge is 0.256 e. The van der Waals surface area contributed by atoms with Crippen molar-refractivity contribution in [2.75, 3.05) is 39.3 Å². The molecule has 2 fully saturated rings. The van der Waals surface area contributed by atoms with E-state index in [0.717, 1.165) is 25.1 Å². The molecular formula is C21H28N6O2. The summed E-state index contributed by atoms with van der Waals surface area (Å²) in [6.45, 7) is 6.12. The Morgan fingerprint density at radius 2 is 1.86 bits per heavy atom. The third-order valence-electron chi connectivity index (χ3n) is 5.95. The zero-order valence-electron chi connectivity index (χ0n) is 16.9. The Bertz CT molecular complexity index is 845. The minimum Gasteiger partial charge on any atom is -0.339 e. The van der Waals surface area contributed by atoms with E-state index in [1.165, 1.54) is 6.42 Å². The number of rotatable bonds is 4.